The van der Waals surface area contributed by atoms with E-state index in [9.17, 15) is 0 Å². The second-order valence-electron chi connectivity index (χ2n) is 4.69. The zero-order valence-electron chi connectivity index (χ0n) is 12.4. The third kappa shape index (κ3) is 2.78. The van der Waals surface area contributed by atoms with Gasteiger partial charge in [-0.05, 0) is 42.8 Å². The van der Waals surface area contributed by atoms with Gasteiger partial charge in [0, 0.05) is 0 Å². The average molecular weight is 271 g/mol. The molecule has 2 aromatic rings. The summed E-state index contributed by atoms with van der Waals surface area (Å²) in [6, 6.07) is 14.6. The second-order valence-corrected chi connectivity index (χ2v) is 4.69. The Kier molecular flexibility index (Phi) is 4.64. The Bertz CT molecular complexity index is 581. The summed E-state index contributed by atoms with van der Waals surface area (Å²) in [6.45, 7) is 2.13. The van der Waals surface area contributed by atoms with Gasteiger partial charge < -0.3 is 14.8 Å². The molecule has 0 amide bonds. The van der Waals surface area contributed by atoms with Gasteiger partial charge in [0.25, 0.3) is 0 Å². The lowest BCUT2D eigenvalue weighted by atomic mass is 9.95. The van der Waals surface area contributed by atoms with Crippen LogP contribution in [0.25, 0.3) is 0 Å². The average Bonchev–Trinajstić information content (AvgIpc) is 2.49. The van der Waals surface area contributed by atoms with Crippen LogP contribution < -0.4 is 14.8 Å². The first-order valence-corrected chi connectivity index (χ1v) is 6.66. The summed E-state index contributed by atoms with van der Waals surface area (Å²) in [5, 5.41) is 3.37. The molecule has 0 saturated carbocycles. The van der Waals surface area contributed by atoms with Crippen molar-refractivity contribution >= 4 is 0 Å². The second kappa shape index (κ2) is 6.44. The molecule has 0 saturated heterocycles. The first-order valence-electron chi connectivity index (χ1n) is 6.66. The summed E-state index contributed by atoms with van der Waals surface area (Å²) in [7, 11) is 5.27. The molecule has 2 aromatic carbocycles. The van der Waals surface area contributed by atoms with Crippen LogP contribution in [-0.4, -0.2) is 21.3 Å². The number of ether oxygens (including phenoxy) is 2. The standard InChI is InChI=1S/C17H21NO2/c1-12-7-5-6-8-14(12)17(18-2)13-9-10-15(19-3)16(11-13)20-4/h5-11,17-18H,1-4H3. The molecular formula is C17H21NO2. The van der Waals surface area contributed by atoms with E-state index in [1.54, 1.807) is 14.2 Å². The minimum absolute atomic E-state index is 0.135. The Morgan fingerprint density at radius 2 is 1.65 bits per heavy atom. The molecule has 1 unspecified atom stereocenters. The maximum absolute atomic E-state index is 5.38. The third-order valence-electron chi connectivity index (χ3n) is 3.53. The lowest BCUT2D eigenvalue weighted by Crippen LogP contribution is -2.18. The Morgan fingerprint density at radius 3 is 2.25 bits per heavy atom. The van der Waals surface area contributed by atoms with Crippen molar-refractivity contribution in [2.45, 2.75) is 13.0 Å². The molecule has 0 aliphatic heterocycles. The third-order valence-corrected chi connectivity index (χ3v) is 3.53. The largest absolute Gasteiger partial charge is 0.493 e. The topological polar surface area (TPSA) is 30.5 Å². The van der Waals surface area contributed by atoms with Crippen molar-refractivity contribution in [3.05, 3.63) is 59.2 Å². The first kappa shape index (κ1) is 14.4. The van der Waals surface area contributed by atoms with Gasteiger partial charge in [0.15, 0.2) is 11.5 Å². The van der Waals surface area contributed by atoms with Crippen molar-refractivity contribution in [3.8, 4) is 11.5 Å². The molecule has 3 nitrogen and oxygen atoms in total. The number of aryl methyl sites for hydroxylation is 1. The van der Waals surface area contributed by atoms with Crippen LogP contribution in [-0.2, 0) is 0 Å². The van der Waals surface area contributed by atoms with E-state index < -0.39 is 0 Å². The molecule has 0 heterocycles. The SMILES string of the molecule is CNC(c1ccc(OC)c(OC)c1)c1ccccc1C. The Hall–Kier alpha value is -2.00. The molecule has 0 spiro atoms. The minimum Gasteiger partial charge on any atom is -0.493 e. The molecule has 3 heteroatoms. The molecule has 1 N–H and O–H groups in total. The highest BCUT2D eigenvalue weighted by Crippen LogP contribution is 2.32. The van der Waals surface area contributed by atoms with Crippen molar-refractivity contribution in [3.63, 3.8) is 0 Å². The summed E-state index contributed by atoms with van der Waals surface area (Å²) >= 11 is 0. The Labute approximate surface area is 120 Å². The van der Waals surface area contributed by atoms with Crippen LogP contribution in [0.5, 0.6) is 11.5 Å². The molecule has 0 aliphatic carbocycles. The van der Waals surface area contributed by atoms with E-state index in [0.717, 1.165) is 17.1 Å². The fraction of sp³-hybridized carbons (Fsp3) is 0.294. The molecule has 20 heavy (non-hydrogen) atoms. The van der Waals surface area contributed by atoms with E-state index >= 15 is 0 Å². The van der Waals surface area contributed by atoms with Crippen molar-refractivity contribution < 1.29 is 9.47 Å². The van der Waals surface area contributed by atoms with Gasteiger partial charge in [-0.25, -0.2) is 0 Å². The highest BCUT2D eigenvalue weighted by molar-refractivity contribution is 5.46. The van der Waals surface area contributed by atoms with E-state index in [4.69, 9.17) is 9.47 Å². The first-order chi connectivity index (χ1) is 9.71. The van der Waals surface area contributed by atoms with E-state index in [1.807, 2.05) is 19.2 Å². The number of methoxy groups -OCH3 is 2. The van der Waals surface area contributed by atoms with Gasteiger partial charge in [-0.3, -0.25) is 0 Å². The number of rotatable bonds is 5. The predicted molar refractivity (Wildman–Crippen MR) is 81.6 cm³/mol. The normalized spacial score (nSPS) is 12.0. The quantitative estimate of drug-likeness (QED) is 0.905. The van der Waals surface area contributed by atoms with Crippen LogP contribution in [0.15, 0.2) is 42.5 Å². The molecular weight excluding hydrogens is 250 g/mol. The van der Waals surface area contributed by atoms with Crippen LogP contribution >= 0.6 is 0 Å². The van der Waals surface area contributed by atoms with Crippen LogP contribution in [0.4, 0.5) is 0 Å². The zero-order chi connectivity index (χ0) is 14.5. The summed E-state index contributed by atoms with van der Waals surface area (Å²) in [5.41, 5.74) is 3.68. The van der Waals surface area contributed by atoms with Crippen LogP contribution in [0.1, 0.15) is 22.7 Å². The van der Waals surface area contributed by atoms with Crippen LogP contribution in [0.2, 0.25) is 0 Å². The van der Waals surface area contributed by atoms with Crippen molar-refractivity contribution in [1.29, 1.82) is 0 Å². The van der Waals surface area contributed by atoms with Crippen LogP contribution in [0.3, 0.4) is 0 Å². The highest BCUT2D eigenvalue weighted by Gasteiger charge is 2.16. The van der Waals surface area contributed by atoms with E-state index in [0.29, 0.717) is 0 Å². The number of hydrogen-bond donors (Lipinski definition) is 1. The minimum atomic E-state index is 0.135. The number of nitrogens with one attached hydrogen (secondary N) is 1. The maximum atomic E-state index is 5.38. The fourth-order valence-corrected chi connectivity index (χ4v) is 2.44. The van der Waals surface area contributed by atoms with Gasteiger partial charge in [0.1, 0.15) is 0 Å². The van der Waals surface area contributed by atoms with Crippen LogP contribution in [0, 0.1) is 6.92 Å². The summed E-state index contributed by atoms with van der Waals surface area (Å²) in [4.78, 5) is 0. The van der Waals surface area contributed by atoms with Gasteiger partial charge in [-0.1, -0.05) is 30.3 Å². The summed E-state index contributed by atoms with van der Waals surface area (Å²) in [5.74, 6) is 1.50. The lowest BCUT2D eigenvalue weighted by molar-refractivity contribution is 0.354. The van der Waals surface area contributed by atoms with E-state index in [1.165, 1.54) is 11.1 Å². The van der Waals surface area contributed by atoms with Gasteiger partial charge in [0.2, 0.25) is 0 Å². The molecule has 106 valence electrons. The molecule has 0 aliphatic rings. The summed E-state index contributed by atoms with van der Waals surface area (Å²) in [6.07, 6.45) is 0. The molecule has 2 rings (SSSR count). The van der Waals surface area contributed by atoms with Gasteiger partial charge in [-0.2, -0.15) is 0 Å². The van der Waals surface area contributed by atoms with Gasteiger partial charge in [0.05, 0.1) is 20.3 Å². The van der Waals surface area contributed by atoms with Crippen molar-refractivity contribution in [2.75, 3.05) is 21.3 Å². The van der Waals surface area contributed by atoms with E-state index in [2.05, 4.69) is 42.6 Å². The Balaban J connectivity index is 2.45. The molecule has 1 atom stereocenters. The molecule has 0 radical (unpaired) electrons. The summed E-state index contributed by atoms with van der Waals surface area (Å²) < 4.78 is 10.7. The lowest BCUT2D eigenvalue weighted by Gasteiger charge is -2.20. The van der Waals surface area contributed by atoms with E-state index in [-0.39, 0.29) is 6.04 Å². The highest BCUT2D eigenvalue weighted by atomic mass is 16.5. The maximum Gasteiger partial charge on any atom is 0.161 e. The molecule has 0 fully saturated rings. The smallest absolute Gasteiger partial charge is 0.161 e. The zero-order valence-corrected chi connectivity index (χ0v) is 12.4. The number of benzene rings is 2. The monoisotopic (exact) mass is 271 g/mol. The predicted octanol–water partition coefficient (Wildman–Crippen LogP) is 3.32. The molecule has 0 aromatic heterocycles. The van der Waals surface area contributed by atoms with Crippen molar-refractivity contribution in [1.82, 2.24) is 5.32 Å². The molecule has 0 bridgehead atoms. The fourth-order valence-electron chi connectivity index (χ4n) is 2.44. The van der Waals surface area contributed by atoms with Gasteiger partial charge >= 0.3 is 0 Å². The van der Waals surface area contributed by atoms with Crippen molar-refractivity contribution in [2.24, 2.45) is 0 Å². The van der Waals surface area contributed by atoms with Gasteiger partial charge in [-0.15, -0.1) is 0 Å². The Morgan fingerprint density at radius 1 is 0.950 bits per heavy atom. The number of hydrogen-bond acceptors (Lipinski definition) is 3.